The van der Waals surface area contributed by atoms with E-state index in [4.69, 9.17) is 5.73 Å². The number of carbonyl (C=O) groups is 1. The van der Waals surface area contributed by atoms with Crippen molar-refractivity contribution in [1.82, 2.24) is 4.98 Å². The molecule has 0 unspecified atom stereocenters. The molecule has 1 aromatic carbocycles. The van der Waals surface area contributed by atoms with Crippen molar-refractivity contribution < 1.29 is 4.79 Å². The van der Waals surface area contributed by atoms with E-state index in [0.29, 0.717) is 16.9 Å². The third kappa shape index (κ3) is 2.88. The number of aromatic nitrogens is 1. The van der Waals surface area contributed by atoms with Crippen LogP contribution in [0, 0.1) is 6.92 Å². The normalized spacial score (nSPS) is 10.2. The smallest absolute Gasteiger partial charge is 0.255 e. The molecule has 0 aliphatic heterocycles. The lowest BCUT2D eigenvalue weighted by Crippen LogP contribution is -2.15. The zero-order chi connectivity index (χ0) is 14.7. The van der Waals surface area contributed by atoms with Crippen LogP contribution in [-0.2, 0) is 0 Å². The van der Waals surface area contributed by atoms with E-state index in [1.807, 2.05) is 38.1 Å². The molecule has 0 atom stereocenters. The molecule has 0 aliphatic carbocycles. The van der Waals surface area contributed by atoms with Crippen LogP contribution in [0.4, 0.5) is 17.1 Å². The Morgan fingerprint density at radius 3 is 2.65 bits per heavy atom. The molecule has 1 heterocycles. The molecule has 2 rings (SSSR count). The van der Waals surface area contributed by atoms with E-state index in [0.717, 1.165) is 11.4 Å². The van der Waals surface area contributed by atoms with Gasteiger partial charge in [0.25, 0.3) is 5.91 Å². The molecule has 1 aromatic heterocycles. The number of rotatable bonds is 3. The van der Waals surface area contributed by atoms with Gasteiger partial charge in [-0.05, 0) is 37.3 Å². The zero-order valence-electron chi connectivity index (χ0n) is 11.8. The van der Waals surface area contributed by atoms with Gasteiger partial charge in [0.1, 0.15) is 0 Å². The first kappa shape index (κ1) is 13.9. The Balaban J connectivity index is 2.22. The fourth-order valence-corrected chi connectivity index (χ4v) is 1.91. The molecule has 3 N–H and O–H groups in total. The van der Waals surface area contributed by atoms with E-state index in [9.17, 15) is 4.79 Å². The Bertz CT molecular complexity index is 638. The Hall–Kier alpha value is -2.56. The number of nitrogen functional groups attached to an aromatic ring is 1. The van der Waals surface area contributed by atoms with Crippen LogP contribution in [0.1, 0.15) is 16.1 Å². The molecule has 5 nitrogen and oxygen atoms in total. The standard InChI is InChI=1S/C15H18N4O/c1-10-13(5-4-8-17-10)18-15(20)11-6-7-14(19(2)3)12(16)9-11/h4-9H,16H2,1-3H3,(H,18,20). The molecule has 0 bridgehead atoms. The number of nitrogens with zero attached hydrogens (tertiary/aromatic N) is 2. The van der Waals surface area contributed by atoms with Crippen LogP contribution < -0.4 is 16.0 Å². The molecule has 20 heavy (non-hydrogen) atoms. The fraction of sp³-hybridized carbons (Fsp3) is 0.200. The number of nitrogens with one attached hydrogen (secondary N) is 1. The maximum Gasteiger partial charge on any atom is 0.255 e. The summed E-state index contributed by atoms with van der Waals surface area (Å²) in [5, 5.41) is 2.83. The van der Waals surface area contributed by atoms with E-state index >= 15 is 0 Å². The van der Waals surface area contributed by atoms with Crippen LogP contribution in [0.3, 0.4) is 0 Å². The van der Waals surface area contributed by atoms with Gasteiger partial charge in [-0.2, -0.15) is 0 Å². The third-order valence-electron chi connectivity index (χ3n) is 3.03. The van der Waals surface area contributed by atoms with Crippen molar-refractivity contribution in [3.05, 3.63) is 47.8 Å². The van der Waals surface area contributed by atoms with Crippen LogP contribution >= 0.6 is 0 Å². The highest BCUT2D eigenvalue weighted by molar-refractivity contribution is 6.05. The number of carbonyl (C=O) groups excluding carboxylic acids is 1. The Morgan fingerprint density at radius 1 is 1.30 bits per heavy atom. The van der Waals surface area contributed by atoms with E-state index in [1.54, 1.807) is 24.4 Å². The Morgan fingerprint density at radius 2 is 2.05 bits per heavy atom. The number of hydrogen-bond acceptors (Lipinski definition) is 4. The molecule has 0 spiro atoms. The van der Waals surface area contributed by atoms with Crippen LogP contribution in [0.2, 0.25) is 0 Å². The molecule has 0 radical (unpaired) electrons. The molecular formula is C15H18N4O. The minimum atomic E-state index is -0.196. The summed E-state index contributed by atoms with van der Waals surface area (Å²) in [6.07, 6.45) is 1.69. The van der Waals surface area contributed by atoms with Gasteiger partial charge in [0, 0.05) is 25.9 Å². The summed E-state index contributed by atoms with van der Waals surface area (Å²) in [6, 6.07) is 8.87. The van der Waals surface area contributed by atoms with Crippen LogP contribution in [0.25, 0.3) is 0 Å². The highest BCUT2D eigenvalue weighted by Crippen LogP contribution is 2.23. The van der Waals surface area contributed by atoms with Crippen molar-refractivity contribution in [3.63, 3.8) is 0 Å². The average Bonchev–Trinajstić information content (AvgIpc) is 2.40. The molecule has 0 saturated carbocycles. The summed E-state index contributed by atoms with van der Waals surface area (Å²) >= 11 is 0. The molecule has 0 saturated heterocycles. The van der Waals surface area contributed by atoms with Gasteiger partial charge in [-0.3, -0.25) is 9.78 Å². The number of anilines is 3. The van der Waals surface area contributed by atoms with Gasteiger partial charge < -0.3 is 16.0 Å². The van der Waals surface area contributed by atoms with Gasteiger partial charge in [0.05, 0.1) is 22.8 Å². The Labute approximate surface area is 118 Å². The molecule has 5 heteroatoms. The van der Waals surface area contributed by atoms with E-state index in [1.165, 1.54) is 0 Å². The van der Waals surface area contributed by atoms with Gasteiger partial charge in [0.2, 0.25) is 0 Å². The first-order chi connectivity index (χ1) is 9.49. The summed E-state index contributed by atoms with van der Waals surface area (Å²) in [5.41, 5.74) is 9.41. The zero-order valence-corrected chi connectivity index (χ0v) is 11.8. The van der Waals surface area contributed by atoms with Crippen molar-refractivity contribution >= 4 is 23.0 Å². The largest absolute Gasteiger partial charge is 0.397 e. The average molecular weight is 270 g/mol. The predicted molar refractivity (Wildman–Crippen MR) is 82.1 cm³/mol. The minimum Gasteiger partial charge on any atom is -0.397 e. The molecule has 104 valence electrons. The maximum atomic E-state index is 12.2. The van der Waals surface area contributed by atoms with Crippen molar-refractivity contribution in [2.75, 3.05) is 30.0 Å². The molecule has 0 aliphatic rings. The number of amides is 1. The quantitative estimate of drug-likeness (QED) is 0.839. The van der Waals surface area contributed by atoms with Crippen LogP contribution in [0.5, 0.6) is 0 Å². The highest BCUT2D eigenvalue weighted by Gasteiger charge is 2.10. The summed E-state index contributed by atoms with van der Waals surface area (Å²) in [7, 11) is 3.81. The lowest BCUT2D eigenvalue weighted by atomic mass is 10.1. The second-order valence-corrected chi connectivity index (χ2v) is 4.76. The molecular weight excluding hydrogens is 252 g/mol. The summed E-state index contributed by atoms with van der Waals surface area (Å²) < 4.78 is 0. The molecule has 0 fully saturated rings. The number of hydrogen-bond donors (Lipinski definition) is 2. The Kier molecular flexibility index (Phi) is 3.89. The van der Waals surface area contributed by atoms with Crippen LogP contribution in [-0.4, -0.2) is 25.0 Å². The summed E-state index contributed by atoms with van der Waals surface area (Å²) in [5.74, 6) is -0.196. The second-order valence-electron chi connectivity index (χ2n) is 4.76. The topological polar surface area (TPSA) is 71.2 Å². The van der Waals surface area contributed by atoms with Crippen molar-refractivity contribution in [2.45, 2.75) is 6.92 Å². The SMILES string of the molecule is Cc1ncccc1NC(=O)c1ccc(N(C)C)c(N)c1. The second kappa shape index (κ2) is 5.61. The molecule has 2 aromatic rings. The van der Waals surface area contributed by atoms with Gasteiger partial charge in [-0.15, -0.1) is 0 Å². The third-order valence-corrected chi connectivity index (χ3v) is 3.03. The highest BCUT2D eigenvalue weighted by atomic mass is 16.1. The fourth-order valence-electron chi connectivity index (χ4n) is 1.91. The van der Waals surface area contributed by atoms with E-state index < -0.39 is 0 Å². The van der Waals surface area contributed by atoms with Crippen molar-refractivity contribution in [1.29, 1.82) is 0 Å². The minimum absolute atomic E-state index is 0.196. The lowest BCUT2D eigenvalue weighted by molar-refractivity contribution is 0.102. The number of nitrogens with two attached hydrogens (primary N) is 1. The number of aryl methyl sites for hydroxylation is 1. The summed E-state index contributed by atoms with van der Waals surface area (Å²) in [6.45, 7) is 1.85. The number of benzene rings is 1. The van der Waals surface area contributed by atoms with Gasteiger partial charge in [-0.1, -0.05) is 0 Å². The van der Waals surface area contributed by atoms with Crippen LogP contribution in [0.15, 0.2) is 36.5 Å². The first-order valence-electron chi connectivity index (χ1n) is 6.29. The monoisotopic (exact) mass is 270 g/mol. The first-order valence-corrected chi connectivity index (χ1v) is 6.29. The lowest BCUT2D eigenvalue weighted by Gasteiger charge is -2.16. The maximum absolute atomic E-state index is 12.2. The number of pyridine rings is 1. The van der Waals surface area contributed by atoms with Gasteiger partial charge in [-0.25, -0.2) is 0 Å². The van der Waals surface area contributed by atoms with Gasteiger partial charge in [0.15, 0.2) is 0 Å². The van der Waals surface area contributed by atoms with Crippen molar-refractivity contribution in [2.24, 2.45) is 0 Å². The predicted octanol–water partition coefficient (Wildman–Crippen LogP) is 2.29. The summed E-state index contributed by atoms with van der Waals surface area (Å²) in [4.78, 5) is 18.2. The van der Waals surface area contributed by atoms with Crippen molar-refractivity contribution in [3.8, 4) is 0 Å². The van der Waals surface area contributed by atoms with Gasteiger partial charge >= 0.3 is 0 Å². The van der Waals surface area contributed by atoms with E-state index in [-0.39, 0.29) is 5.91 Å². The van der Waals surface area contributed by atoms with E-state index in [2.05, 4.69) is 10.3 Å². The molecule has 1 amide bonds.